The van der Waals surface area contributed by atoms with E-state index in [1.807, 2.05) is 0 Å². The summed E-state index contributed by atoms with van der Waals surface area (Å²) in [7, 11) is 1.39. The number of unbranched alkanes of at least 4 members (excludes halogenated alkanes) is 3. The number of ether oxygens (including phenoxy) is 2. The van der Waals surface area contributed by atoms with Gasteiger partial charge in [-0.25, -0.2) is 0 Å². The van der Waals surface area contributed by atoms with Crippen LogP contribution in [0.5, 0.6) is 0 Å². The number of rotatable bonds is 7. The van der Waals surface area contributed by atoms with E-state index < -0.39 is 0 Å². The second-order valence-electron chi connectivity index (χ2n) is 4.96. The van der Waals surface area contributed by atoms with Crippen LogP contribution in [0.15, 0.2) is 11.1 Å². The first-order valence-electron chi connectivity index (χ1n) is 7.72. The lowest BCUT2D eigenvalue weighted by molar-refractivity contribution is -0.140. The predicted molar refractivity (Wildman–Crippen MR) is 94.4 cm³/mol. The normalized spacial score (nSPS) is 18.0. The number of methoxy groups -OCH3 is 1. The van der Waals surface area contributed by atoms with E-state index in [1.165, 1.54) is 7.11 Å². The number of esters is 1. The van der Waals surface area contributed by atoms with Crippen molar-refractivity contribution in [3.8, 4) is 35.5 Å². The van der Waals surface area contributed by atoms with Crippen LogP contribution in [-0.2, 0) is 14.3 Å². The zero-order valence-electron chi connectivity index (χ0n) is 13.4. The van der Waals surface area contributed by atoms with Gasteiger partial charge in [0.2, 0.25) is 0 Å². The largest absolute Gasteiger partial charge is 0.469 e. The molecule has 0 aromatic carbocycles. The molecule has 0 aromatic rings. The van der Waals surface area contributed by atoms with Gasteiger partial charge in [-0.3, -0.25) is 4.79 Å². The number of halogens is 1. The minimum Gasteiger partial charge on any atom is -0.469 e. The van der Waals surface area contributed by atoms with Crippen LogP contribution in [0.1, 0.15) is 44.9 Å². The maximum Gasteiger partial charge on any atom is 0.305 e. The van der Waals surface area contributed by atoms with Crippen LogP contribution >= 0.6 is 15.9 Å². The maximum absolute atomic E-state index is 10.9. The highest BCUT2D eigenvalue weighted by molar-refractivity contribution is 9.11. The van der Waals surface area contributed by atoms with Gasteiger partial charge < -0.3 is 9.47 Å². The molecule has 0 bridgehead atoms. The standard InChI is InChI=1S/C19H21BrO3/c1-22-19(21)15-10-8-6-4-2-3-5-7-9-13-17-18(23-17)14-11-12-16-20/h12,16-18H,5,7-10,13,15H2,1H3/b16-12+/t17-,18-/m1/s1. The lowest BCUT2D eigenvalue weighted by atomic mass is 10.1. The molecule has 1 aliphatic heterocycles. The second kappa shape index (κ2) is 12.8. The summed E-state index contributed by atoms with van der Waals surface area (Å²) in [6, 6.07) is 0. The molecular weight excluding hydrogens is 356 g/mol. The van der Waals surface area contributed by atoms with Gasteiger partial charge >= 0.3 is 5.97 Å². The molecule has 3 nitrogen and oxygen atoms in total. The van der Waals surface area contributed by atoms with Gasteiger partial charge in [-0.1, -0.05) is 39.6 Å². The highest BCUT2D eigenvalue weighted by Crippen LogP contribution is 2.26. The third-order valence-corrected chi connectivity index (χ3v) is 3.41. The smallest absolute Gasteiger partial charge is 0.305 e. The minimum absolute atomic E-state index is 0.112. The molecule has 1 saturated heterocycles. The molecule has 1 rings (SSSR count). The predicted octanol–water partition coefficient (Wildman–Crippen LogP) is 3.58. The summed E-state index contributed by atoms with van der Waals surface area (Å²) >= 11 is 3.17. The van der Waals surface area contributed by atoms with Crippen LogP contribution in [-0.4, -0.2) is 25.3 Å². The van der Waals surface area contributed by atoms with Gasteiger partial charge in [0, 0.05) is 19.3 Å². The number of allylic oxidation sites excluding steroid dienone is 1. The zero-order valence-corrected chi connectivity index (χ0v) is 14.9. The topological polar surface area (TPSA) is 38.8 Å². The molecule has 23 heavy (non-hydrogen) atoms. The van der Waals surface area contributed by atoms with Crippen LogP contribution in [0.2, 0.25) is 0 Å². The molecule has 1 aliphatic rings. The maximum atomic E-state index is 10.9. The SMILES string of the molecule is COC(=O)CCCC#CC#CCCCC[C@H]1O[C@@H]1C#C/C=C/Br. The number of hydrogen-bond donors (Lipinski definition) is 0. The van der Waals surface area contributed by atoms with Crippen LogP contribution in [0, 0.1) is 35.5 Å². The van der Waals surface area contributed by atoms with E-state index in [1.54, 1.807) is 11.1 Å². The van der Waals surface area contributed by atoms with E-state index in [-0.39, 0.29) is 12.1 Å². The van der Waals surface area contributed by atoms with Gasteiger partial charge in [0.05, 0.1) is 13.2 Å². The summed E-state index contributed by atoms with van der Waals surface area (Å²) in [4.78, 5) is 12.6. The van der Waals surface area contributed by atoms with Gasteiger partial charge in [0.1, 0.15) is 6.10 Å². The lowest BCUT2D eigenvalue weighted by Gasteiger charge is -1.93. The molecule has 0 unspecified atom stereocenters. The van der Waals surface area contributed by atoms with Crippen molar-refractivity contribution < 1.29 is 14.3 Å². The van der Waals surface area contributed by atoms with Crippen LogP contribution in [0.4, 0.5) is 0 Å². The summed E-state index contributed by atoms with van der Waals surface area (Å²) in [5.74, 6) is 17.4. The van der Waals surface area contributed by atoms with Gasteiger partial charge in [-0.15, -0.1) is 0 Å². The van der Waals surface area contributed by atoms with Crippen molar-refractivity contribution in [2.24, 2.45) is 0 Å². The summed E-state index contributed by atoms with van der Waals surface area (Å²) < 4.78 is 10.0. The first kappa shape index (κ1) is 19.4. The average molecular weight is 377 g/mol. The number of hydrogen-bond acceptors (Lipinski definition) is 3. The van der Waals surface area contributed by atoms with Gasteiger partial charge in [-0.2, -0.15) is 0 Å². The van der Waals surface area contributed by atoms with Crippen molar-refractivity contribution >= 4 is 21.9 Å². The van der Waals surface area contributed by atoms with Crippen LogP contribution in [0.3, 0.4) is 0 Å². The Kier molecular flexibility index (Phi) is 10.8. The molecular formula is C19H21BrO3. The summed E-state index contributed by atoms with van der Waals surface area (Å²) in [6.07, 6.45) is 8.02. The molecule has 0 spiro atoms. The molecule has 0 aliphatic carbocycles. The van der Waals surface area contributed by atoms with Gasteiger partial charge in [-0.05, 0) is 48.6 Å². The summed E-state index contributed by atoms with van der Waals surface area (Å²) in [5, 5.41) is 0. The first-order chi connectivity index (χ1) is 11.3. The minimum atomic E-state index is -0.190. The average Bonchev–Trinajstić information content (AvgIpc) is 3.30. The van der Waals surface area contributed by atoms with Gasteiger partial charge in [0.25, 0.3) is 0 Å². The molecule has 0 N–H and O–H groups in total. The fourth-order valence-corrected chi connectivity index (χ4v) is 1.98. The summed E-state index contributed by atoms with van der Waals surface area (Å²) in [6.45, 7) is 0. The van der Waals surface area contributed by atoms with Crippen molar-refractivity contribution in [2.75, 3.05) is 7.11 Å². The second-order valence-corrected chi connectivity index (χ2v) is 5.48. The van der Waals surface area contributed by atoms with Gasteiger partial charge in [0.15, 0.2) is 0 Å². The Morgan fingerprint density at radius 1 is 1.22 bits per heavy atom. The summed E-state index contributed by atoms with van der Waals surface area (Å²) in [5.41, 5.74) is 0. The molecule has 1 heterocycles. The Morgan fingerprint density at radius 2 is 1.96 bits per heavy atom. The molecule has 0 amide bonds. The number of carbonyl (C=O) groups excluding carboxylic acids is 1. The molecule has 4 heteroatoms. The molecule has 0 saturated carbocycles. The molecule has 122 valence electrons. The monoisotopic (exact) mass is 376 g/mol. The van der Waals surface area contributed by atoms with E-state index in [0.717, 1.165) is 32.1 Å². The van der Waals surface area contributed by atoms with E-state index in [0.29, 0.717) is 18.9 Å². The fourth-order valence-electron chi connectivity index (χ4n) is 1.85. The third kappa shape index (κ3) is 10.6. The highest BCUT2D eigenvalue weighted by Gasteiger charge is 2.36. The van der Waals surface area contributed by atoms with Crippen LogP contribution in [0.25, 0.3) is 0 Å². The third-order valence-electron chi connectivity index (χ3n) is 3.14. The first-order valence-corrected chi connectivity index (χ1v) is 8.63. The molecule has 0 radical (unpaired) electrons. The number of epoxide rings is 1. The van der Waals surface area contributed by atoms with Crippen molar-refractivity contribution in [1.82, 2.24) is 0 Å². The highest BCUT2D eigenvalue weighted by atomic mass is 79.9. The van der Waals surface area contributed by atoms with Crippen molar-refractivity contribution in [1.29, 1.82) is 0 Å². The van der Waals surface area contributed by atoms with Crippen molar-refractivity contribution in [2.45, 2.75) is 57.2 Å². The molecule has 0 aromatic heterocycles. The lowest BCUT2D eigenvalue weighted by Crippen LogP contribution is -1.98. The van der Waals surface area contributed by atoms with Crippen molar-refractivity contribution in [3.63, 3.8) is 0 Å². The zero-order chi connectivity index (χ0) is 16.8. The Balaban J connectivity index is 1.97. The van der Waals surface area contributed by atoms with Crippen LogP contribution < -0.4 is 0 Å². The fraction of sp³-hybridized carbons (Fsp3) is 0.526. The van der Waals surface area contributed by atoms with E-state index in [4.69, 9.17) is 4.74 Å². The molecule has 1 fully saturated rings. The Hall–Kier alpha value is -1.67. The Bertz CT molecular complexity index is 575. The quantitative estimate of drug-likeness (QED) is 0.295. The van der Waals surface area contributed by atoms with E-state index >= 15 is 0 Å². The number of carbonyl (C=O) groups is 1. The van der Waals surface area contributed by atoms with E-state index in [9.17, 15) is 4.79 Å². The molecule has 2 atom stereocenters. The Morgan fingerprint density at radius 3 is 2.65 bits per heavy atom. The Labute approximate surface area is 147 Å². The van der Waals surface area contributed by atoms with Crippen molar-refractivity contribution in [3.05, 3.63) is 11.1 Å². The van der Waals surface area contributed by atoms with E-state index in [2.05, 4.69) is 56.2 Å².